The van der Waals surface area contributed by atoms with E-state index in [0.29, 0.717) is 6.10 Å². The van der Waals surface area contributed by atoms with E-state index < -0.39 is 0 Å². The topological polar surface area (TPSA) is 37.9 Å². The van der Waals surface area contributed by atoms with E-state index in [9.17, 15) is 0 Å². The first-order chi connectivity index (χ1) is 7.81. The molecule has 3 rings (SSSR count). The van der Waals surface area contributed by atoms with Gasteiger partial charge in [0.1, 0.15) is 5.82 Å². The van der Waals surface area contributed by atoms with Crippen molar-refractivity contribution < 1.29 is 4.74 Å². The minimum absolute atomic E-state index is 0.363. The molecule has 2 heterocycles. The summed E-state index contributed by atoms with van der Waals surface area (Å²) in [5.74, 6) is 1.05. The smallest absolute Gasteiger partial charge is 0.109 e. The maximum atomic E-state index is 5.62. The second-order valence-corrected chi connectivity index (χ2v) is 4.54. The summed E-state index contributed by atoms with van der Waals surface area (Å²) in [5, 5.41) is 0. The van der Waals surface area contributed by atoms with E-state index in [-0.39, 0.29) is 0 Å². The number of aromatic amines is 1. The van der Waals surface area contributed by atoms with E-state index >= 15 is 0 Å². The summed E-state index contributed by atoms with van der Waals surface area (Å²) in [6, 6.07) is 6.31. The maximum Gasteiger partial charge on any atom is 0.109 e. The SMILES string of the molecule is Cc1ccc2nc(CC3CCCO3)[nH]c2c1. The highest BCUT2D eigenvalue weighted by Crippen LogP contribution is 2.18. The number of rotatable bonds is 2. The number of ether oxygens (including phenoxy) is 1. The van der Waals surface area contributed by atoms with Crippen LogP contribution in [0.2, 0.25) is 0 Å². The Morgan fingerprint density at radius 3 is 3.25 bits per heavy atom. The second-order valence-electron chi connectivity index (χ2n) is 4.54. The number of fused-ring (bicyclic) bond motifs is 1. The van der Waals surface area contributed by atoms with Crippen molar-refractivity contribution in [3.8, 4) is 0 Å². The molecule has 2 aromatic rings. The van der Waals surface area contributed by atoms with Crippen LogP contribution in [0.1, 0.15) is 24.2 Å². The number of hydrogen-bond donors (Lipinski definition) is 1. The van der Waals surface area contributed by atoms with Gasteiger partial charge in [-0.15, -0.1) is 0 Å². The lowest BCUT2D eigenvalue weighted by atomic mass is 10.2. The van der Waals surface area contributed by atoms with Gasteiger partial charge in [-0.1, -0.05) is 6.07 Å². The van der Waals surface area contributed by atoms with Crippen molar-refractivity contribution in [1.29, 1.82) is 0 Å². The molecule has 1 saturated heterocycles. The number of benzene rings is 1. The van der Waals surface area contributed by atoms with Gasteiger partial charge in [0.05, 0.1) is 17.1 Å². The molecule has 3 nitrogen and oxygen atoms in total. The van der Waals surface area contributed by atoms with E-state index in [0.717, 1.165) is 36.3 Å². The van der Waals surface area contributed by atoms with E-state index in [4.69, 9.17) is 4.74 Å². The zero-order chi connectivity index (χ0) is 11.0. The zero-order valence-corrected chi connectivity index (χ0v) is 9.49. The Labute approximate surface area is 94.8 Å². The van der Waals surface area contributed by atoms with Crippen LogP contribution in [0.3, 0.4) is 0 Å². The maximum absolute atomic E-state index is 5.62. The van der Waals surface area contributed by atoms with Crippen LogP contribution in [0.25, 0.3) is 11.0 Å². The molecule has 0 aliphatic carbocycles. The molecule has 84 valence electrons. The van der Waals surface area contributed by atoms with Crippen LogP contribution in [0.4, 0.5) is 0 Å². The zero-order valence-electron chi connectivity index (χ0n) is 9.49. The first-order valence-corrected chi connectivity index (χ1v) is 5.88. The van der Waals surface area contributed by atoms with Gasteiger partial charge >= 0.3 is 0 Å². The molecule has 3 heteroatoms. The first-order valence-electron chi connectivity index (χ1n) is 5.88. The molecule has 1 fully saturated rings. The van der Waals surface area contributed by atoms with Crippen LogP contribution in [0.5, 0.6) is 0 Å². The number of aryl methyl sites for hydroxylation is 1. The molecule has 0 saturated carbocycles. The fourth-order valence-electron chi connectivity index (χ4n) is 2.29. The molecule has 0 bridgehead atoms. The van der Waals surface area contributed by atoms with E-state index in [1.54, 1.807) is 0 Å². The quantitative estimate of drug-likeness (QED) is 0.837. The Bertz CT molecular complexity index is 498. The van der Waals surface area contributed by atoms with Crippen LogP contribution >= 0.6 is 0 Å². The van der Waals surface area contributed by atoms with Crippen molar-refractivity contribution in [3.63, 3.8) is 0 Å². The Hall–Kier alpha value is -1.35. The fourth-order valence-corrected chi connectivity index (χ4v) is 2.29. The lowest BCUT2D eigenvalue weighted by molar-refractivity contribution is 0.110. The minimum atomic E-state index is 0.363. The summed E-state index contributed by atoms with van der Waals surface area (Å²) in [6.07, 6.45) is 3.62. The van der Waals surface area contributed by atoms with Gasteiger partial charge in [-0.3, -0.25) is 0 Å². The number of nitrogens with one attached hydrogen (secondary N) is 1. The predicted molar refractivity (Wildman–Crippen MR) is 63.5 cm³/mol. The van der Waals surface area contributed by atoms with Gasteiger partial charge < -0.3 is 9.72 Å². The molecule has 0 spiro atoms. The standard InChI is InChI=1S/C13H16N2O/c1-9-4-5-11-12(7-9)15-13(14-11)8-10-3-2-6-16-10/h4-5,7,10H,2-3,6,8H2,1H3,(H,14,15). The van der Waals surface area contributed by atoms with Crippen molar-refractivity contribution in [1.82, 2.24) is 9.97 Å². The van der Waals surface area contributed by atoms with E-state index in [1.165, 1.54) is 12.0 Å². The van der Waals surface area contributed by atoms with Crippen molar-refractivity contribution in [2.24, 2.45) is 0 Å². The Morgan fingerprint density at radius 1 is 1.50 bits per heavy atom. The van der Waals surface area contributed by atoms with Crippen LogP contribution in [-0.2, 0) is 11.2 Å². The third-order valence-electron chi connectivity index (χ3n) is 3.13. The highest BCUT2D eigenvalue weighted by atomic mass is 16.5. The summed E-state index contributed by atoms with van der Waals surface area (Å²) in [6.45, 7) is 3.00. The third-order valence-corrected chi connectivity index (χ3v) is 3.13. The van der Waals surface area contributed by atoms with Crippen molar-refractivity contribution in [2.45, 2.75) is 32.3 Å². The van der Waals surface area contributed by atoms with Gasteiger partial charge in [-0.25, -0.2) is 4.98 Å². The summed E-state index contributed by atoms with van der Waals surface area (Å²) in [5.41, 5.74) is 3.45. The molecule has 1 N–H and O–H groups in total. The van der Waals surface area contributed by atoms with Crippen LogP contribution in [-0.4, -0.2) is 22.7 Å². The molecule has 16 heavy (non-hydrogen) atoms. The molecule has 0 radical (unpaired) electrons. The molecule has 1 aromatic carbocycles. The van der Waals surface area contributed by atoms with Gasteiger partial charge in [-0.05, 0) is 37.5 Å². The van der Waals surface area contributed by atoms with Gasteiger partial charge in [-0.2, -0.15) is 0 Å². The van der Waals surface area contributed by atoms with Gasteiger partial charge in [0.25, 0.3) is 0 Å². The number of nitrogens with zero attached hydrogens (tertiary/aromatic N) is 1. The van der Waals surface area contributed by atoms with E-state index in [1.807, 2.05) is 0 Å². The number of H-pyrrole nitrogens is 1. The number of hydrogen-bond acceptors (Lipinski definition) is 2. The Kier molecular flexibility index (Phi) is 2.40. The van der Waals surface area contributed by atoms with Crippen LogP contribution < -0.4 is 0 Å². The van der Waals surface area contributed by atoms with Crippen molar-refractivity contribution in [3.05, 3.63) is 29.6 Å². The molecule has 0 amide bonds. The Balaban J connectivity index is 1.86. The molecular weight excluding hydrogens is 200 g/mol. The van der Waals surface area contributed by atoms with Crippen LogP contribution in [0.15, 0.2) is 18.2 Å². The summed E-state index contributed by atoms with van der Waals surface area (Å²) < 4.78 is 5.62. The lowest BCUT2D eigenvalue weighted by Crippen LogP contribution is -2.09. The fraction of sp³-hybridized carbons (Fsp3) is 0.462. The van der Waals surface area contributed by atoms with Gasteiger partial charge in [0, 0.05) is 13.0 Å². The first kappa shape index (κ1) is 9.85. The Morgan fingerprint density at radius 2 is 2.44 bits per heavy atom. The predicted octanol–water partition coefficient (Wildman–Crippen LogP) is 2.59. The average Bonchev–Trinajstić information content (AvgIpc) is 2.86. The van der Waals surface area contributed by atoms with E-state index in [2.05, 4.69) is 35.1 Å². The molecule has 1 unspecified atom stereocenters. The molecular formula is C13H16N2O. The summed E-state index contributed by atoms with van der Waals surface area (Å²) in [7, 11) is 0. The molecule has 1 aliphatic rings. The minimum Gasteiger partial charge on any atom is -0.378 e. The monoisotopic (exact) mass is 216 g/mol. The van der Waals surface area contributed by atoms with Crippen molar-refractivity contribution in [2.75, 3.05) is 6.61 Å². The largest absolute Gasteiger partial charge is 0.378 e. The molecule has 1 aliphatic heterocycles. The van der Waals surface area contributed by atoms with Crippen LogP contribution in [0, 0.1) is 6.92 Å². The van der Waals surface area contributed by atoms with Gasteiger partial charge in [0.15, 0.2) is 0 Å². The number of imidazole rings is 1. The molecule has 1 aromatic heterocycles. The third kappa shape index (κ3) is 1.83. The van der Waals surface area contributed by atoms with Crippen molar-refractivity contribution >= 4 is 11.0 Å². The average molecular weight is 216 g/mol. The summed E-state index contributed by atoms with van der Waals surface area (Å²) in [4.78, 5) is 7.95. The number of aromatic nitrogens is 2. The van der Waals surface area contributed by atoms with Gasteiger partial charge in [0.2, 0.25) is 0 Å². The highest BCUT2D eigenvalue weighted by Gasteiger charge is 2.17. The highest BCUT2D eigenvalue weighted by molar-refractivity contribution is 5.75. The summed E-state index contributed by atoms with van der Waals surface area (Å²) >= 11 is 0. The molecule has 1 atom stereocenters. The lowest BCUT2D eigenvalue weighted by Gasteiger charge is -2.05. The normalized spacial score (nSPS) is 20.7. The second kappa shape index (κ2) is 3.91.